The molecule has 2 amide bonds. The first kappa shape index (κ1) is 22.0. The maximum atomic E-state index is 12.5. The van der Waals surface area contributed by atoms with E-state index in [1.807, 2.05) is 6.07 Å². The van der Waals surface area contributed by atoms with Crippen molar-refractivity contribution >= 4 is 6.03 Å². The minimum Gasteiger partial charge on any atom is -0.485 e. The number of hydrogen-bond acceptors (Lipinski definition) is 5. The molecule has 2 N–H and O–H groups in total. The van der Waals surface area contributed by atoms with E-state index >= 15 is 0 Å². The molecule has 7 heteroatoms. The number of ether oxygens (including phenoxy) is 3. The van der Waals surface area contributed by atoms with Gasteiger partial charge in [0.25, 0.3) is 0 Å². The van der Waals surface area contributed by atoms with Gasteiger partial charge < -0.3 is 24.8 Å². The van der Waals surface area contributed by atoms with Gasteiger partial charge in [-0.15, -0.1) is 0 Å². The first-order chi connectivity index (χ1) is 15.8. The molecule has 0 bridgehead atoms. The predicted octanol–water partition coefficient (Wildman–Crippen LogP) is 3.22. The highest BCUT2D eigenvalue weighted by molar-refractivity contribution is 5.74. The van der Waals surface area contributed by atoms with Crippen LogP contribution in [-0.4, -0.2) is 67.6 Å². The summed E-state index contributed by atoms with van der Waals surface area (Å²) in [6.45, 7) is 4.18. The smallest absolute Gasteiger partial charge is 0.315 e. The zero-order chi connectivity index (χ0) is 21.8. The average Bonchev–Trinajstić information content (AvgIpc) is 3.40. The van der Waals surface area contributed by atoms with Crippen LogP contribution in [0.5, 0.6) is 5.75 Å². The number of nitrogens with zero attached hydrogens (tertiary/aromatic N) is 1. The standard InChI is InChI=1S/C25H37N3O4/c29-25(26-19-10-3-1-4-11-19)27-20-16-30-24-22(17-31-23(20)24)32-21-12-6-5-9-18(21)15-28-13-7-2-8-14-28/h5-6,9,12,19-20,22-24H,1-4,7-8,10-11,13-17H2,(H2,26,27,29)/t20-,22-,23+,24+/m0/s1. The molecular formula is C25H37N3O4. The number of nitrogens with one attached hydrogen (secondary N) is 2. The van der Waals surface area contributed by atoms with Gasteiger partial charge in [0.15, 0.2) is 6.10 Å². The molecule has 0 aromatic heterocycles. The van der Waals surface area contributed by atoms with Crippen molar-refractivity contribution < 1.29 is 19.0 Å². The fraction of sp³-hybridized carbons (Fsp3) is 0.720. The lowest BCUT2D eigenvalue weighted by molar-refractivity contribution is 0.0296. The summed E-state index contributed by atoms with van der Waals surface area (Å²) >= 11 is 0. The highest BCUT2D eigenvalue weighted by Crippen LogP contribution is 2.32. The molecule has 1 aromatic rings. The van der Waals surface area contributed by atoms with Gasteiger partial charge in [-0.05, 0) is 44.8 Å². The minimum absolute atomic E-state index is 0.106. The number of amides is 2. The molecule has 4 aliphatic rings. The molecule has 3 saturated heterocycles. The van der Waals surface area contributed by atoms with Gasteiger partial charge >= 0.3 is 6.03 Å². The number of rotatable bonds is 6. The van der Waals surface area contributed by atoms with Crippen molar-refractivity contribution in [3.8, 4) is 5.75 Å². The number of para-hydroxylation sites is 1. The van der Waals surface area contributed by atoms with E-state index in [2.05, 4.69) is 33.7 Å². The number of carbonyl (C=O) groups is 1. The Morgan fingerprint density at radius 3 is 2.53 bits per heavy atom. The third kappa shape index (κ3) is 5.21. The van der Waals surface area contributed by atoms with Crippen LogP contribution in [-0.2, 0) is 16.0 Å². The van der Waals surface area contributed by atoms with Gasteiger partial charge in [-0.1, -0.05) is 43.9 Å². The maximum Gasteiger partial charge on any atom is 0.315 e. The first-order valence-electron chi connectivity index (χ1n) is 12.5. The molecule has 1 saturated carbocycles. The van der Waals surface area contributed by atoms with Crippen LogP contribution in [0.4, 0.5) is 4.79 Å². The average molecular weight is 444 g/mol. The summed E-state index contributed by atoms with van der Waals surface area (Å²) in [7, 11) is 0. The number of benzene rings is 1. The number of urea groups is 1. The Labute approximate surface area is 191 Å². The summed E-state index contributed by atoms with van der Waals surface area (Å²) in [6.07, 6.45) is 9.24. The van der Waals surface area contributed by atoms with Crippen molar-refractivity contribution in [2.75, 3.05) is 26.3 Å². The molecule has 0 unspecified atom stereocenters. The Hall–Kier alpha value is -1.83. The summed E-state index contributed by atoms with van der Waals surface area (Å²) in [5.74, 6) is 0.919. The van der Waals surface area contributed by atoms with E-state index in [0.29, 0.717) is 19.3 Å². The third-order valence-corrected chi connectivity index (χ3v) is 7.36. The number of carbonyl (C=O) groups excluding carboxylic acids is 1. The van der Waals surface area contributed by atoms with Crippen LogP contribution >= 0.6 is 0 Å². The second-order valence-electron chi connectivity index (χ2n) is 9.76. The molecule has 4 fully saturated rings. The topological polar surface area (TPSA) is 72.1 Å². The quantitative estimate of drug-likeness (QED) is 0.706. The zero-order valence-electron chi connectivity index (χ0n) is 19.0. The Morgan fingerprint density at radius 2 is 1.69 bits per heavy atom. The summed E-state index contributed by atoms with van der Waals surface area (Å²) < 4.78 is 18.5. The van der Waals surface area contributed by atoms with E-state index in [9.17, 15) is 4.79 Å². The maximum absolute atomic E-state index is 12.5. The molecule has 4 atom stereocenters. The minimum atomic E-state index is -0.161. The molecule has 32 heavy (non-hydrogen) atoms. The van der Waals surface area contributed by atoms with E-state index in [1.165, 1.54) is 44.1 Å². The second-order valence-corrected chi connectivity index (χ2v) is 9.76. The second kappa shape index (κ2) is 10.4. The molecule has 7 nitrogen and oxygen atoms in total. The predicted molar refractivity (Wildman–Crippen MR) is 122 cm³/mol. The number of fused-ring (bicyclic) bond motifs is 1. The van der Waals surface area contributed by atoms with Gasteiger partial charge in [0.05, 0.1) is 19.3 Å². The van der Waals surface area contributed by atoms with Crippen molar-refractivity contribution in [3.05, 3.63) is 29.8 Å². The van der Waals surface area contributed by atoms with E-state index in [4.69, 9.17) is 14.2 Å². The molecule has 5 rings (SSSR count). The van der Waals surface area contributed by atoms with Crippen LogP contribution in [0.25, 0.3) is 0 Å². The lowest BCUT2D eigenvalue weighted by atomic mass is 9.96. The molecule has 176 valence electrons. The Bertz CT molecular complexity index is 763. The highest BCUT2D eigenvalue weighted by Gasteiger charge is 2.49. The summed E-state index contributed by atoms with van der Waals surface area (Å²) in [5.41, 5.74) is 1.22. The van der Waals surface area contributed by atoms with E-state index < -0.39 is 0 Å². The fourth-order valence-electron chi connectivity index (χ4n) is 5.60. The van der Waals surface area contributed by atoms with Crippen molar-refractivity contribution in [2.45, 2.75) is 88.3 Å². The van der Waals surface area contributed by atoms with Crippen LogP contribution < -0.4 is 15.4 Å². The molecule has 1 aromatic carbocycles. The normalized spacial score (nSPS) is 31.2. The Kier molecular flexibility index (Phi) is 7.15. The molecule has 1 aliphatic carbocycles. The summed E-state index contributed by atoms with van der Waals surface area (Å²) in [4.78, 5) is 15.0. The number of piperidine rings is 1. The van der Waals surface area contributed by atoms with Gasteiger partial charge in [-0.25, -0.2) is 4.79 Å². The van der Waals surface area contributed by atoms with Gasteiger partial charge in [0, 0.05) is 18.2 Å². The van der Waals surface area contributed by atoms with Gasteiger partial charge in [-0.3, -0.25) is 4.90 Å². The largest absolute Gasteiger partial charge is 0.485 e. The lowest BCUT2D eigenvalue weighted by Crippen LogP contribution is -2.51. The lowest BCUT2D eigenvalue weighted by Gasteiger charge is -2.28. The fourth-order valence-corrected chi connectivity index (χ4v) is 5.60. The zero-order valence-corrected chi connectivity index (χ0v) is 19.0. The van der Waals surface area contributed by atoms with Gasteiger partial charge in [0.1, 0.15) is 18.0 Å². The Morgan fingerprint density at radius 1 is 0.938 bits per heavy atom. The van der Waals surface area contributed by atoms with Crippen molar-refractivity contribution in [1.29, 1.82) is 0 Å². The monoisotopic (exact) mass is 443 g/mol. The van der Waals surface area contributed by atoms with Gasteiger partial charge in [0.2, 0.25) is 0 Å². The van der Waals surface area contributed by atoms with E-state index in [0.717, 1.165) is 38.2 Å². The van der Waals surface area contributed by atoms with Crippen molar-refractivity contribution in [3.63, 3.8) is 0 Å². The first-order valence-corrected chi connectivity index (χ1v) is 12.5. The SMILES string of the molecule is O=C(NC1CCCCC1)N[C@H]1CO[C@H]2[C@@H]1OC[C@@H]2Oc1ccccc1CN1CCCCC1. The third-order valence-electron chi connectivity index (χ3n) is 7.36. The molecule has 0 spiro atoms. The number of hydrogen-bond donors (Lipinski definition) is 2. The van der Waals surface area contributed by atoms with Gasteiger partial charge in [-0.2, -0.15) is 0 Å². The summed E-state index contributed by atoms with van der Waals surface area (Å²) in [5, 5.41) is 6.21. The molecule has 3 aliphatic heterocycles. The molecule has 0 radical (unpaired) electrons. The van der Waals surface area contributed by atoms with Crippen molar-refractivity contribution in [2.24, 2.45) is 0 Å². The summed E-state index contributed by atoms with van der Waals surface area (Å²) in [6, 6.07) is 8.36. The van der Waals surface area contributed by atoms with Crippen LogP contribution in [0.15, 0.2) is 24.3 Å². The van der Waals surface area contributed by atoms with Crippen LogP contribution in [0.1, 0.15) is 56.9 Å². The molecular weight excluding hydrogens is 406 g/mol. The van der Waals surface area contributed by atoms with Crippen LogP contribution in [0.2, 0.25) is 0 Å². The highest BCUT2D eigenvalue weighted by atomic mass is 16.6. The van der Waals surface area contributed by atoms with E-state index in [-0.39, 0.29) is 30.4 Å². The van der Waals surface area contributed by atoms with Crippen LogP contribution in [0, 0.1) is 0 Å². The molecule has 3 heterocycles. The number of likely N-dealkylation sites (tertiary alicyclic amines) is 1. The van der Waals surface area contributed by atoms with Crippen molar-refractivity contribution in [1.82, 2.24) is 15.5 Å². The van der Waals surface area contributed by atoms with E-state index in [1.54, 1.807) is 0 Å². The van der Waals surface area contributed by atoms with Crippen LogP contribution in [0.3, 0.4) is 0 Å². The Balaban J connectivity index is 1.15.